The number of primary amides is 1. The van der Waals surface area contributed by atoms with E-state index in [4.69, 9.17) is 14.9 Å². The van der Waals surface area contributed by atoms with Crippen LogP contribution in [0.25, 0.3) is 17.3 Å². The van der Waals surface area contributed by atoms with Gasteiger partial charge >= 0.3 is 0 Å². The molecule has 2 heterocycles. The van der Waals surface area contributed by atoms with E-state index < -0.39 is 5.91 Å². The minimum Gasteiger partial charge on any atom is -0.468 e. The van der Waals surface area contributed by atoms with Gasteiger partial charge in [-0.3, -0.25) is 4.79 Å². The number of amides is 1. The largest absolute Gasteiger partial charge is 0.468 e. The lowest BCUT2D eigenvalue weighted by molar-refractivity contribution is -0.117. The Labute approximate surface area is 144 Å². The summed E-state index contributed by atoms with van der Waals surface area (Å²) < 4.78 is 12.4. The van der Waals surface area contributed by atoms with Gasteiger partial charge in [-0.05, 0) is 48.6 Å². The Balaban J connectivity index is 1.82. The Hall–Kier alpha value is -3.09. The second-order valence-corrected chi connectivity index (χ2v) is 6.04. The fraction of sp³-hybridized carbons (Fsp3) is 0.278. The van der Waals surface area contributed by atoms with Gasteiger partial charge in [-0.25, -0.2) is 9.67 Å². The third-order valence-electron chi connectivity index (χ3n) is 4.31. The maximum atomic E-state index is 11.3. The zero-order valence-corrected chi connectivity index (χ0v) is 13.9. The first-order valence-electron chi connectivity index (χ1n) is 8.14. The molecule has 0 fully saturated rings. The molecule has 128 valence electrons. The molecule has 1 aliphatic carbocycles. The summed E-state index contributed by atoms with van der Waals surface area (Å²) >= 11 is 0. The molecule has 0 radical (unpaired) electrons. The van der Waals surface area contributed by atoms with E-state index in [1.165, 1.54) is 24.7 Å². The topological polar surface area (TPSA) is 96.2 Å². The highest BCUT2D eigenvalue weighted by Gasteiger charge is 2.20. The predicted molar refractivity (Wildman–Crippen MR) is 90.5 cm³/mol. The first-order chi connectivity index (χ1) is 12.1. The van der Waals surface area contributed by atoms with Crippen LogP contribution in [-0.2, 0) is 24.1 Å². The van der Waals surface area contributed by atoms with Crippen LogP contribution in [0.3, 0.4) is 0 Å². The monoisotopic (exact) mass is 338 g/mol. The Morgan fingerprint density at radius 1 is 1.28 bits per heavy atom. The predicted octanol–water partition coefficient (Wildman–Crippen LogP) is 2.05. The van der Waals surface area contributed by atoms with Gasteiger partial charge in [0.05, 0.1) is 19.2 Å². The van der Waals surface area contributed by atoms with Gasteiger partial charge in [-0.15, -0.1) is 0 Å². The lowest BCUT2D eigenvalue weighted by Gasteiger charge is -2.07. The summed E-state index contributed by atoms with van der Waals surface area (Å²) in [6.07, 6.45) is 3.33. The molecule has 0 saturated heterocycles. The molecule has 2 N–H and O–H groups in total. The second kappa shape index (κ2) is 6.08. The van der Waals surface area contributed by atoms with E-state index in [0.717, 1.165) is 18.5 Å². The lowest BCUT2D eigenvalue weighted by Crippen LogP contribution is -2.14. The van der Waals surface area contributed by atoms with Crippen molar-refractivity contribution in [2.75, 3.05) is 7.11 Å². The second-order valence-electron chi connectivity index (χ2n) is 6.04. The van der Waals surface area contributed by atoms with Gasteiger partial charge in [-0.1, -0.05) is 6.07 Å². The number of methoxy groups -OCH3 is 1. The molecule has 0 atom stereocenters. The maximum absolute atomic E-state index is 11.3. The summed E-state index contributed by atoms with van der Waals surface area (Å²) in [6, 6.07) is 9.73. The number of aromatic nitrogens is 3. The normalized spacial score (nSPS) is 13.0. The number of nitrogens with zero attached hydrogens (tertiary/aromatic N) is 3. The Bertz CT molecular complexity index is 942. The van der Waals surface area contributed by atoms with Crippen molar-refractivity contribution in [3.63, 3.8) is 0 Å². The smallest absolute Gasteiger partial charge is 0.284 e. The van der Waals surface area contributed by atoms with E-state index in [0.29, 0.717) is 23.4 Å². The lowest BCUT2D eigenvalue weighted by atomic mass is 10.1. The number of aryl methyl sites for hydroxylation is 2. The van der Waals surface area contributed by atoms with E-state index in [1.807, 2.05) is 6.07 Å². The Kier molecular flexibility index (Phi) is 3.76. The quantitative estimate of drug-likeness (QED) is 0.768. The molecule has 3 aromatic rings. The van der Waals surface area contributed by atoms with Crippen molar-refractivity contribution < 1.29 is 13.9 Å². The van der Waals surface area contributed by atoms with Crippen LogP contribution in [0.5, 0.6) is 5.95 Å². The SMILES string of the molecule is COc1ccc(-c2nc(CC(N)=O)nn2-c2ccc3c(c2)CCC3)o1. The summed E-state index contributed by atoms with van der Waals surface area (Å²) in [5.41, 5.74) is 8.88. The van der Waals surface area contributed by atoms with Crippen molar-refractivity contribution in [3.05, 3.63) is 47.3 Å². The van der Waals surface area contributed by atoms with Crippen LogP contribution in [0.15, 0.2) is 34.7 Å². The third kappa shape index (κ3) is 2.88. The molecule has 0 saturated carbocycles. The molecule has 1 aromatic carbocycles. The van der Waals surface area contributed by atoms with E-state index in [1.54, 1.807) is 16.8 Å². The molecule has 0 unspecified atom stereocenters. The van der Waals surface area contributed by atoms with Crippen LogP contribution in [0, 0.1) is 0 Å². The summed E-state index contributed by atoms with van der Waals surface area (Å²) in [4.78, 5) is 15.7. The number of ether oxygens (including phenoxy) is 1. The standard InChI is InChI=1S/C18H18N4O3/c1-24-17-8-7-14(25-17)18-20-16(10-15(19)23)21-22(18)13-6-5-11-3-2-4-12(11)9-13/h5-9H,2-4,10H2,1H3,(H2,19,23). The maximum Gasteiger partial charge on any atom is 0.284 e. The Morgan fingerprint density at radius 3 is 2.88 bits per heavy atom. The highest BCUT2D eigenvalue weighted by Crippen LogP contribution is 2.29. The zero-order valence-electron chi connectivity index (χ0n) is 13.9. The summed E-state index contributed by atoms with van der Waals surface area (Å²) in [5.74, 6) is 1.29. The summed E-state index contributed by atoms with van der Waals surface area (Å²) in [7, 11) is 1.53. The fourth-order valence-corrected chi connectivity index (χ4v) is 3.16. The van der Waals surface area contributed by atoms with Crippen LogP contribution < -0.4 is 10.5 Å². The molecule has 4 rings (SSSR count). The number of carbonyl (C=O) groups excluding carboxylic acids is 1. The van der Waals surface area contributed by atoms with Crippen molar-refractivity contribution in [2.45, 2.75) is 25.7 Å². The number of benzene rings is 1. The highest BCUT2D eigenvalue weighted by molar-refractivity contribution is 5.75. The minimum absolute atomic E-state index is 0.0250. The van der Waals surface area contributed by atoms with Gasteiger partial charge in [0.1, 0.15) is 0 Å². The van der Waals surface area contributed by atoms with E-state index in [-0.39, 0.29) is 6.42 Å². The Morgan fingerprint density at radius 2 is 2.12 bits per heavy atom. The van der Waals surface area contributed by atoms with Crippen molar-refractivity contribution in [2.24, 2.45) is 5.73 Å². The average Bonchev–Trinajstić information content (AvgIpc) is 3.32. The molecular weight excluding hydrogens is 320 g/mol. The van der Waals surface area contributed by atoms with Crippen molar-refractivity contribution in [1.29, 1.82) is 0 Å². The molecule has 25 heavy (non-hydrogen) atoms. The average molecular weight is 338 g/mol. The summed E-state index contributed by atoms with van der Waals surface area (Å²) in [5, 5.41) is 4.46. The van der Waals surface area contributed by atoms with Crippen LogP contribution in [0.1, 0.15) is 23.4 Å². The van der Waals surface area contributed by atoms with Crippen molar-refractivity contribution in [3.8, 4) is 23.2 Å². The van der Waals surface area contributed by atoms with Gasteiger partial charge in [0.2, 0.25) is 5.91 Å². The number of fused-ring (bicyclic) bond motifs is 1. The van der Waals surface area contributed by atoms with Crippen LogP contribution in [0.4, 0.5) is 0 Å². The molecular formula is C18H18N4O3. The van der Waals surface area contributed by atoms with Gasteiger partial charge < -0.3 is 14.9 Å². The number of rotatable bonds is 5. The molecule has 1 amide bonds. The number of nitrogens with two attached hydrogens (primary N) is 1. The molecule has 0 bridgehead atoms. The highest BCUT2D eigenvalue weighted by atomic mass is 16.6. The van der Waals surface area contributed by atoms with E-state index in [2.05, 4.69) is 22.2 Å². The fourth-order valence-electron chi connectivity index (χ4n) is 3.16. The van der Waals surface area contributed by atoms with Gasteiger partial charge in [0.25, 0.3) is 5.95 Å². The van der Waals surface area contributed by atoms with Crippen LogP contribution >= 0.6 is 0 Å². The van der Waals surface area contributed by atoms with Crippen LogP contribution in [0.2, 0.25) is 0 Å². The van der Waals surface area contributed by atoms with Crippen molar-refractivity contribution >= 4 is 5.91 Å². The molecule has 1 aliphatic rings. The minimum atomic E-state index is -0.477. The van der Waals surface area contributed by atoms with E-state index in [9.17, 15) is 4.79 Å². The molecule has 0 aliphatic heterocycles. The van der Waals surface area contributed by atoms with Gasteiger partial charge in [0, 0.05) is 6.07 Å². The zero-order chi connectivity index (χ0) is 17.4. The van der Waals surface area contributed by atoms with Crippen molar-refractivity contribution in [1.82, 2.24) is 14.8 Å². The van der Waals surface area contributed by atoms with Crippen LogP contribution in [-0.4, -0.2) is 27.8 Å². The first-order valence-corrected chi connectivity index (χ1v) is 8.14. The number of furan rings is 1. The van der Waals surface area contributed by atoms with Gasteiger partial charge in [-0.2, -0.15) is 5.10 Å². The van der Waals surface area contributed by atoms with E-state index >= 15 is 0 Å². The molecule has 7 nitrogen and oxygen atoms in total. The third-order valence-corrected chi connectivity index (χ3v) is 4.31. The molecule has 0 spiro atoms. The number of hydrogen-bond donors (Lipinski definition) is 1. The molecule has 7 heteroatoms. The van der Waals surface area contributed by atoms with Gasteiger partial charge in [0.15, 0.2) is 17.4 Å². The number of hydrogen-bond acceptors (Lipinski definition) is 5. The first kappa shape index (κ1) is 15.4. The molecule has 2 aromatic heterocycles. The number of carbonyl (C=O) groups is 1. The summed E-state index contributed by atoms with van der Waals surface area (Å²) in [6.45, 7) is 0.